The number of hydrogen-bond acceptors (Lipinski definition) is 6. The van der Waals surface area contributed by atoms with Crippen LogP contribution in [0.15, 0.2) is 54.6 Å². The molecule has 3 fully saturated rings. The monoisotopic (exact) mass is 509 g/mol. The Bertz CT molecular complexity index is 1590. The van der Waals surface area contributed by atoms with Crippen LogP contribution in [0.3, 0.4) is 0 Å². The summed E-state index contributed by atoms with van der Waals surface area (Å²) in [6.07, 6.45) is 2.24. The number of carbonyl (C=O) groups excluding carboxylic acids is 2. The van der Waals surface area contributed by atoms with E-state index in [1.807, 2.05) is 31.2 Å². The van der Waals surface area contributed by atoms with Crippen LogP contribution in [0, 0.1) is 40.3 Å². The molecule has 8 heteroatoms. The Hall–Kier alpha value is -4.27. The quantitative estimate of drug-likeness (QED) is 0.433. The van der Waals surface area contributed by atoms with Gasteiger partial charge < -0.3 is 9.47 Å². The number of benzene rings is 3. The van der Waals surface area contributed by atoms with E-state index in [1.165, 1.54) is 23.1 Å². The van der Waals surface area contributed by atoms with Gasteiger partial charge in [0, 0.05) is 23.3 Å². The van der Waals surface area contributed by atoms with Gasteiger partial charge in [-0.3, -0.25) is 9.59 Å². The zero-order valence-electron chi connectivity index (χ0n) is 20.7. The molecule has 6 rings (SSSR count). The fourth-order valence-corrected chi connectivity index (χ4v) is 6.73. The van der Waals surface area contributed by atoms with E-state index in [-0.39, 0.29) is 29.7 Å². The van der Waals surface area contributed by atoms with E-state index in [1.54, 1.807) is 18.2 Å². The van der Waals surface area contributed by atoms with Crippen molar-refractivity contribution in [2.45, 2.75) is 43.8 Å². The Morgan fingerprint density at radius 3 is 2.32 bits per heavy atom. The number of hydrogen-bond donors (Lipinski definition) is 0. The number of rotatable bonds is 6. The van der Waals surface area contributed by atoms with Gasteiger partial charge in [0.25, 0.3) is 0 Å². The lowest BCUT2D eigenvalue weighted by Gasteiger charge is -2.31. The topological polar surface area (TPSA) is 103 Å². The number of nitriles is 2. The Morgan fingerprint density at radius 1 is 0.974 bits per heavy atom. The van der Waals surface area contributed by atoms with E-state index in [9.17, 15) is 19.2 Å². The molecular formula is C30H24FN3O4. The van der Waals surface area contributed by atoms with Gasteiger partial charge in [0.15, 0.2) is 0 Å². The highest BCUT2D eigenvalue weighted by Gasteiger charge is 2.74. The fourth-order valence-electron chi connectivity index (χ4n) is 6.73. The van der Waals surface area contributed by atoms with Crippen molar-refractivity contribution in [3.63, 3.8) is 0 Å². The van der Waals surface area contributed by atoms with E-state index >= 15 is 0 Å². The van der Waals surface area contributed by atoms with Crippen LogP contribution < -0.4 is 9.64 Å². The van der Waals surface area contributed by atoms with Crippen molar-refractivity contribution in [2.24, 2.45) is 11.8 Å². The Morgan fingerprint density at radius 2 is 1.63 bits per heavy atom. The largest absolute Gasteiger partial charge is 0.493 e. The van der Waals surface area contributed by atoms with Crippen molar-refractivity contribution in [1.82, 2.24) is 0 Å². The van der Waals surface area contributed by atoms with Gasteiger partial charge in [-0.1, -0.05) is 31.2 Å². The van der Waals surface area contributed by atoms with Gasteiger partial charge in [0.1, 0.15) is 17.6 Å². The lowest BCUT2D eigenvalue weighted by atomic mass is 9.66. The lowest BCUT2D eigenvalue weighted by Crippen LogP contribution is -2.43. The minimum atomic E-state index is -0.865. The highest BCUT2D eigenvalue weighted by molar-refractivity contribution is 6.26. The molecule has 38 heavy (non-hydrogen) atoms. The summed E-state index contributed by atoms with van der Waals surface area (Å²) in [5, 5.41) is 19.9. The molecule has 0 aromatic heterocycles. The van der Waals surface area contributed by atoms with Crippen molar-refractivity contribution < 1.29 is 23.5 Å². The Labute approximate surface area is 219 Å². The van der Waals surface area contributed by atoms with Crippen LogP contribution in [0.2, 0.25) is 0 Å². The lowest BCUT2D eigenvalue weighted by molar-refractivity contribution is -0.132. The van der Waals surface area contributed by atoms with Crippen LogP contribution in [-0.2, 0) is 14.3 Å². The molecule has 3 aliphatic heterocycles. The maximum atomic E-state index is 14.0. The molecule has 4 atom stereocenters. The maximum absolute atomic E-state index is 14.0. The van der Waals surface area contributed by atoms with Gasteiger partial charge in [0.05, 0.1) is 52.5 Å². The molecule has 0 N–H and O–H groups in total. The molecule has 0 radical (unpaired) electrons. The highest BCUT2D eigenvalue weighted by atomic mass is 19.1. The van der Waals surface area contributed by atoms with Crippen molar-refractivity contribution >= 4 is 28.3 Å². The molecule has 0 saturated carbocycles. The minimum Gasteiger partial charge on any atom is -0.493 e. The Balaban J connectivity index is 1.33. The van der Waals surface area contributed by atoms with E-state index < -0.39 is 28.9 Å². The average Bonchev–Trinajstić information content (AvgIpc) is 3.54. The molecule has 3 saturated heterocycles. The number of fused-ring (bicyclic) bond motifs is 6. The first-order valence-electron chi connectivity index (χ1n) is 12.7. The molecule has 190 valence electrons. The third-order valence-electron chi connectivity index (χ3n) is 8.53. The Kier molecular flexibility index (Phi) is 5.48. The van der Waals surface area contributed by atoms with Gasteiger partial charge in [0.2, 0.25) is 11.8 Å². The van der Waals surface area contributed by atoms with Crippen LogP contribution >= 0.6 is 0 Å². The predicted molar refractivity (Wildman–Crippen MR) is 135 cm³/mol. The van der Waals surface area contributed by atoms with Gasteiger partial charge >= 0.3 is 0 Å². The molecule has 3 aromatic carbocycles. The molecule has 3 aromatic rings. The molecular weight excluding hydrogens is 485 g/mol. The average molecular weight is 510 g/mol. The molecule has 0 aliphatic carbocycles. The van der Waals surface area contributed by atoms with E-state index in [0.29, 0.717) is 47.7 Å². The van der Waals surface area contributed by atoms with Crippen LogP contribution in [-0.4, -0.2) is 29.6 Å². The zero-order valence-corrected chi connectivity index (χ0v) is 20.7. The second-order valence-electron chi connectivity index (χ2n) is 10.2. The standard InChI is InChI=1S/C30H24FN3O4/c1-2-29-11-12-30(38-29,13-14-37-20-9-7-19(17-33)23(31)15-20)26-25(29)27(35)34(28(26)36)24-10-8-18(16-32)21-5-3-4-6-22(21)24/h3-10,15,25-26H,2,11-14H2,1H3. The normalized spacial score (nSPS) is 27.4. The van der Waals surface area contributed by atoms with Crippen molar-refractivity contribution in [3.8, 4) is 17.9 Å². The first kappa shape index (κ1) is 24.1. The summed E-state index contributed by atoms with van der Waals surface area (Å²) in [6.45, 7) is 2.14. The van der Waals surface area contributed by atoms with Crippen LogP contribution in [0.25, 0.3) is 10.8 Å². The van der Waals surface area contributed by atoms with Gasteiger partial charge in [-0.25, -0.2) is 9.29 Å². The van der Waals surface area contributed by atoms with E-state index in [2.05, 4.69) is 6.07 Å². The second kappa shape index (κ2) is 8.65. The van der Waals surface area contributed by atoms with Crippen molar-refractivity contribution in [1.29, 1.82) is 10.5 Å². The number of ether oxygens (including phenoxy) is 2. The summed E-state index contributed by atoms with van der Waals surface area (Å²) >= 11 is 0. The molecule has 2 amide bonds. The van der Waals surface area contributed by atoms with Gasteiger partial charge in [-0.2, -0.15) is 10.5 Å². The molecule has 3 heterocycles. The fraction of sp³-hybridized carbons (Fsp3) is 0.333. The minimum absolute atomic E-state index is 0.0630. The van der Waals surface area contributed by atoms with Crippen molar-refractivity contribution in [2.75, 3.05) is 11.5 Å². The smallest absolute Gasteiger partial charge is 0.240 e. The molecule has 0 spiro atoms. The first-order valence-corrected chi connectivity index (χ1v) is 12.7. The predicted octanol–water partition coefficient (Wildman–Crippen LogP) is 5.01. The van der Waals surface area contributed by atoms with E-state index in [0.717, 1.165) is 0 Å². The first-order chi connectivity index (χ1) is 18.4. The second-order valence-corrected chi connectivity index (χ2v) is 10.2. The number of anilines is 1. The summed E-state index contributed by atoms with van der Waals surface area (Å²) < 4.78 is 26.4. The SMILES string of the molecule is CCC12CCC(CCOc3ccc(C#N)c(F)c3)(O1)C1C(=O)N(c3ccc(C#N)c4ccccc34)C(=O)C12. The molecule has 3 aliphatic rings. The third-order valence-corrected chi connectivity index (χ3v) is 8.53. The van der Waals surface area contributed by atoms with Crippen LogP contribution in [0.1, 0.15) is 43.7 Å². The number of imide groups is 1. The van der Waals surface area contributed by atoms with Crippen LogP contribution in [0.5, 0.6) is 5.75 Å². The highest BCUT2D eigenvalue weighted by Crippen LogP contribution is 2.63. The number of carbonyl (C=O) groups is 2. The van der Waals surface area contributed by atoms with E-state index in [4.69, 9.17) is 14.7 Å². The molecule has 4 unspecified atom stereocenters. The van der Waals surface area contributed by atoms with Crippen molar-refractivity contribution in [3.05, 3.63) is 71.5 Å². The summed E-state index contributed by atoms with van der Waals surface area (Å²) in [5.74, 6) is -2.20. The maximum Gasteiger partial charge on any atom is 0.240 e. The number of halogens is 1. The summed E-state index contributed by atoms with van der Waals surface area (Å²) in [6, 6.07) is 18.6. The molecule has 7 nitrogen and oxygen atoms in total. The summed E-state index contributed by atoms with van der Waals surface area (Å²) in [7, 11) is 0. The number of amides is 2. The number of nitrogens with zero attached hydrogens (tertiary/aromatic N) is 3. The third kappa shape index (κ3) is 3.27. The van der Waals surface area contributed by atoms with Gasteiger partial charge in [-0.15, -0.1) is 0 Å². The zero-order chi connectivity index (χ0) is 26.7. The summed E-state index contributed by atoms with van der Waals surface area (Å²) in [5.41, 5.74) is -0.698. The molecule has 2 bridgehead atoms. The summed E-state index contributed by atoms with van der Waals surface area (Å²) in [4.78, 5) is 29.3. The van der Waals surface area contributed by atoms with Gasteiger partial charge in [-0.05, 0) is 43.5 Å². The van der Waals surface area contributed by atoms with Crippen LogP contribution in [0.4, 0.5) is 10.1 Å².